The first-order valence-corrected chi connectivity index (χ1v) is 9.05. The van der Waals surface area contributed by atoms with Crippen LogP contribution >= 0.6 is 11.3 Å². The second-order valence-corrected chi connectivity index (χ2v) is 6.86. The zero-order chi connectivity index (χ0) is 16.2. The smallest absolute Gasteiger partial charge is 0.151 e. The van der Waals surface area contributed by atoms with Crippen molar-refractivity contribution in [2.24, 2.45) is 13.0 Å². The first-order chi connectivity index (χ1) is 11.2. The predicted octanol–water partition coefficient (Wildman–Crippen LogP) is 3.44. The van der Waals surface area contributed by atoms with E-state index in [0.29, 0.717) is 5.92 Å². The molecular formula is C17H23N5S. The molecule has 0 radical (unpaired) electrons. The second-order valence-electron chi connectivity index (χ2n) is 6.08. The molecule has 0 aliphatic carbocycles. The van der Waals surface area contributed by atoms with Crippen LogP contribution < -0.4 is 0 Å². The minimum absolute atomic E-state index is 0.601. The fraction of sp³-hybridized carbons (Fsp3) is 0.471. The predicted molar refractivity (Wildman–Crippen MR) is 93.0 cm³/mol. The molecule has 0 fully saturated rings. The fourth-order valence-electron chi connectivity index (χ4n) is 2.51. The second kappa shape index (κ2) is 7.08. The van der Waals surface area contributed by atoms with E-state index in [2.05, 4.69) is 35.8 Å². The number of aromatic nitrogens is 5. The van der Waals surface area contributed by atoms with Crippen molar-refractivity contribution in [3.05, 3.63) is 46.4 Å². The van der Waals surface area contributed by atoms with Gasteiger partial charge in [-0.25, -0.2) is 9.67 Å². The molecule has 0 spiro atoms. The maximum Gasteiger partial charge on any atom is 0.151 e. The largest absolute Gasteiger partial charge is 0.274 e. The summed E-state index contributed by atoms with van der Waals surface area (Å²) in [7, 11) is 1.92. The van der Waals surface area contributed by atoms with Crippen molar-refractivity contribution in [2.75, 3.05) is 0 Å². The normalized spacial score (nSPS) is 12.7. The Morgan fingerprint density at radius 1 is 1.30 bits per heavy atom. The molecule has 122 valence electrons. The Morgan fingerprint density at radius 3 is 2.83 bits per heavy atom. The maximum atomic E-state index is 4.80. The number of nitrogens with zero attached hydrogens (tertiary/aromatic N) is 5. The SMILES string of the molecule is CCC(C)Cc1nc(CCc2ccsc2)n(-c2cnn(C)c2)n1. The van der Waals surface area contributed by atoms with Gasteiger partial charge in [0, 0.05) is 19.9 Å². The van der Waals surface area contributed by atoms with Gasteiger partial charge in [0.1, 0.15) is 11.5 Å². The zero-order valence-electron chi connectivity index (χ0n) is 13.9. The lowest BCUT2D eigenvalue weighted by atomic mass is 10.1. The van der Waals surface area contributed by atoms with Crippen molar-refractivity contribution >= 4 is 11.3 Å². The number of hydrogen-bond acceptors (Lipinski definition) is 4. The molecule has 3 aromatic rings. The topological polar surface area (TPSA) is 48.5 Å². The Hall–Kier alpha value is -1.95. The third-order valence-electron chi connectivity index (χ3n) is 4.10. The van der Waals surface area contributed by atoms with Crippen molar-refractivity contribution < 1.29 is 0 Å². The molecule has 0 saturated heterocycles. The minimum atomic E-state index is 0.601. The van der Waals surface area contributed by atoms with E-state index in [1.807, 2.05) is 24.1 Å². The van der Waals surface area contributed by atoms with E-state index in [0.717, 1.165) is 43.0 Å². The summed E-state index contributed by atoms with van der Waals surface area (Å²) in [6, 6.07) is 2.18. The van der Waals surface area contributed by atoms with Crippen molar-refractivity contribution in [2.45, 2.75) is 39.5 Å². The van der Waals surface area contributed by atoms with Crippen LogP contribution in [0.5, 0.6) is 0 Å². The molecule has 3 aromatic heterocycles. The highest BCUT2D eigenvalue weighted by Gasteiger charge is 2.14. The molecule has 1 atom stereocenters. The third kappa shape index (κ3) is 3.88. The summed E-state index contributed by atoms with van der Waals surface area (Å²) in [6.45, 7) is 4.45. The van der Waals surface area contributed by atoms with Crippen molar-refractivity contribution in [1.29, 1.82) is 0 Å². The van der Waals surface area contributed by atoms with Gasteiger partial charge in [0.15, 0.2) is 5.82 Å². The average molecular weight is 329 g/mol. The van der Waals surface area contributed by atoms with Crippen LogP contribution in [0.15, 0.2) is 29.2 Å². The van der Waals surface area contributed by atoms with Crippen LogP contribution in [0.2, 0.25) is 0 Å². The molecule has 0 amide bonds. The van der Waals surface area contributed by atoms with Crippen LogP contribution in [0.4, 0.5) is 0 Å². The van der Waals surface area contributed by atoms with Crippen LogP contribution in [0, 0.1) is 5.92 Å². The fourth-order valence-corrected chi connectivity index (χ4v) is 3.21. The van der Waals surface area contributed by atoms with Gasteiger partial charge >= 0.3 is 0 Å². The molecule has 3 rings (SSSR count). The molecule has 5 nitrogen and oxygen atoms in total. The lowest BCUT2D eigenvalue weighted by Crippen LogP contribution is -2.04. The first kappa shape index (κ1) is 15.9. The van der Waals surface area contributed by atoms with Gasteiger partial charge in [-0.05, 0) is 34.7 Å². The Balaban J connectivity index is 1.85. The van der Waals surface area contributed by atoms with Gasteiger partial charge < -0.3 is 0 Å². The van der Waals surface area contributed by atoms with E-state index >= 15 is 0 Å². The summed E-state index contributed by atoms with van der Waals surface area (Å²) < 4.78 is 3.76. The molecule has 0 N–H and O–H groups in total. The van der Waals surface area contributed by atoms with Crippen LogP contribution in [-0.2, 0) is 26.3 Å². The molecule has 6 heteroatoms. The highest BCUT2D eigenvalue weighted by atomic mass is 32.1. The van der Waals surface area contributed by atoms with Gasteiger partial charge in [-0.15, -0.1) is 0 Å². The van der Waals surface area contributed by atoms with Gasteiger partial charge in [-0.2, -0.15) is 21.5 Å². The van der Waals surface area contributed by atoms with Gasteiger partial charge in [0.2, 0.25) is 0 Å². The zero-order valence-corrected chi connectivity index (χ0v) is 14.8. The number of rotatable bonds is 7. The van der Waals surface area contributed by atoms with E-state index < -0.39 is 0 Å². The van der Waals surface area contributed by atoms with Crippen molar-refractivity contribution in [3.63, 3.8) is 0 Å². The summed E-state index contributed by atoms with van der Waals surface area (Å²) in [4.78, 5) is 4.80. The van der Waals surface area contributed by atoms with E-state index in [1.54, 1.807) is 16.0 Å². The maximum absolute atomic E-state index is 4.80. The van der Waals surface area contributed by atoms with Crippen LogP contribution in [0.25, 0.3) is 5.69 Å². The summed E-state index contributed by atoms with van der Waals surface area (Å²) in [6.07, 6.45) is 7.77. The van der Waals surface area contributed by atoms with E-state index in [9.17, 15) is 0 Å². The minimum Gasteiger partial charge on any atom is -0.274 e. The average Bonchev–Trinajstić information content (AvgIpc) is 3.25. The molecular weight excluding hydrogens is 306 g/mol. The highest BCUT2D eigenvalue weighted by Crippen LogP contribution is 2.16. The monoisotopic (exact) mass is 329 g/mol. The lowest BCUT2D eigenvalue weighted by Gasteiger charge is -2.03. The summed E-state index contributed by atoms with van der Waals surface area (Å²) in [5, 5.41) is 13.3. The Labute approximate surface area is 141 Å². The van der Waals surface area contributed by atoms with E-state index in [-0.39, 0.29) is 0 Å². The summed E-state index contributed by atoms with van der Waals surface area (Å²) >= 11 is 1.74. The van der Waals surface area contributed by atoms with E-state index in [4.69, 9.17) is 10.1 Å². The standard InChI is InChI=1S/C17H23N5S/c1-4-13(2)9-16-19-17(6-5-14-7-8-23-12-14)22(20-16)15-10-18-21(3)11-15/h7-8,10-13H,4-6,9H2,1-3H3. The van der Waals surface area contributed by atoms with E-state index in [1.165, 1.54) is 5.56 Å². The Morgan fingerprint density at radius 2 is 2.17 bits per heavy atom. The molecule has 0 aliphatic rings. The molecule has 3 heterocycles. The molecule has 0 aliphatic heterocycles. The Kier molecular flexibility index (Phi) is 4.91. The van der Waals surface area contributed by atoms with Crippen molar-refractivity contribution in [3.8, 4) is 5.69 Å². The number of hydrogen-bond donors (Lipinski definition) is 0. The molecule has 0 aromatic carbocycles. The van der Waals surface area contributed by atoms with Crippen LogP contribution in [-0.4, -0.2) is 24.5 Å². The molecule has 23 heavy (non-hydrogen) atoms. The van der Waals surface area contributed by atoms with Crippen LogP contribution in [0.3, 0.4) is 0 Å². The van der Waals surface area contributed by atoms with Gasteiger partial charge in [0.05, 0.1) is 12.4 Å². The quantitative estimate of drug-likeness (QED) is 0.667. The lowest BCUT2D eigenvalue weighted by molar-refractivity contribution is 0.542. The van der Waals surface area contributed by atoms with Crippen molar-refractivity contribution in [1.82, 2.24) is 24.5 Å². The molecule has 1 unspecified atom stereocenters. The third-order valence-corrected chi connectivity index (χ3v) is 4.83. The summed E-state index contributed by atoms with van der Waals surface area (Å²) in [5.41, 5.74) is 2.34. The highest BCUT2D eigenvalue weighted by molar-refractivity contribution is 7.07. The molecule has 0 saturated carbocycles. The van der Waals surface area contributed by atoms with Crippen LogP contribution in [0.1, 0.15) is 37.5 Å². The first-order valence-electron chi connectivity index (χ1n) is 8.10. The Bertz CT molecular complexity index is 741. The number of thiophene rings is 1. The van der Waals surface area contributed by atoms with Gasteiger partial charge in [-0.1, -0.05) is 20.3 Å². The summed E-state index contributed by atoms with van der Waals surface area (Å²) in [5.74, 6) is 2.55. The number of aryl methyl sites for hydroxylation is 3. The molecule has 0 bridgehead atoms. The van der Waals surface area contributed by atoms with Gasteiger partial charge in [0.25, 0.3) is 0 Å². The van der Waals surface area contributed by atoms with Gasteiger partial charge in [-0.3, -0.25) is 4.68 Å².